The number of nitrogens with zero attached hydrogens (tertiary/aromatic N) is 1. The van der Waals surface area contributed by atoms with Crippen molar-refractivity contribution in [2.75, 3.05) is 6.54 Å². The maximum atomic E-state index is 13.4. The Morgan fingerprint density at radius 3 is 2.41 bits per heavy atom. The van der Waals surface area contributed by atoms with Crippen molar-refractivity contribution in [1.82, 2.24) is 4.90 Å². The predicted molar refractivity (Wildman–Crippen MR) is 52.6 cm³/mol. The first-order valence-corrected chi connectivity index (χ1v) is 5.40. The molecule has 1 aliphatic carbocycles. The van der Waals surface area contributed by atoms with Gasteiger partial charge in [0.2, 0.25) is 0 Å². The van der Waals surface area contributed by atoms with E-state index in [0.29, 0.717) is 12.8 Å². The fourth-order valence-electron chi connectivity index (χ4n) is 2.27. The average Bonchev–Trinajstić information content (AvgIpc) is 2.57. The largest absolute Gasteiger partial charge is 0.416 e. The van der Waals surface area contributed by atoms with E-state index in [0.717, 1.165) is 18.4 Å². The van der Waals surface area contributed by atoms with Gasteiger partial charge in [-0.25, -0.2) is 8.78 Å². The van der Waals surface area contributed by atoms with E-state index in [2.05, 4.69) is 0 Å². The van der Waals surface area contributed by atoms with Crippen molar-refractivity contribution in [3.8, 4) is 0 Å². The Kier molecular flexibility index (Phi) is 2.91. The highest BCUT2D eigenvalue weighted by Gasteiger charge is 2.46. The molecule has 1 heterocycles. The van der Waals surface area contributed by atoms with Crippen molar-refractivity contribution in [3.63, 3.8) is 0 Å². The second-order valence-electron chi connectivity index (χ2n) is 4.34. The lowest BCUT2D eigenvalue weighted by molar-refractivity contribution is -0.0896. The fraction of sp³-hybridized carbons (Fsp3) is 0.636. The third kappa shape index (κ3) is 2.45. The fourth-order valence-corrected chi connectivity index (χ4v) is 2.27. The lowest BCUT2D eigenvalue weighted by Gasteiger charge is -2.33. The van der Waals surface area contributed by atoms with Crippen LogP contribution in [0, 0.1) is 0 Å². The molecule has 0 bridgehead atoms. The summed E-state index contributed by atoms with van der Waals surface area (Å²) in [5.74, 6) is -2.80. The molecule has 0 N–H and O–H groups in total. The Balaban J connectivity index is 2.06. The van der Waals surface area contributed by atoms with Crippen LogP contribution < -0.4 is 0 Å². The minimum Gasteiger partial charge on any atom is -0.365 e. The van der Waals surface area contributed by atoms with Gasteiger partial charge in [-0.15, -0.1) is 0 Å². The van der Waals surface area contributed by atoms with E-state index in [1.807, 2.05) is 0 Å². The molecule has 17 heavy (non-hydrogen) atoms. The van der Waals surface area contributed by atoms with E-state index in [9.17, 15) is 22.0 Å². The topological polar surface area (TPSA) is 3.24 Å². The first-order chi connectivity index (χ1) is 7.81. The maximum Gasteiger partial charge on any atom is 0.416 e. The number of hydrogen-bond donors (Lipinski definition) is 0. The van der Waals surface area contributed by atoms with Crippen LogP contribution in [0.1, 0.15) is 19.3 Å². The highest BCUT2D eigenvalue weighted by Crippen LogP contribution is 2.39. The number of rotatable bonds is 1. The van der Waals surface area contributed by atoms with Crippen molar-refractivity contribution in [1.29, 1.82) is 0 Å². The normalized spacial score (nSPS) is 28.4. The molecule has 0 amide bonds. The second kappa shape index (κ2) is 3.99. The highest BCUT2D eigenvalue weighted by molar-refractivity contribution is 5.27. The van der Waals surface area contributed by atoms with Crippen LogP contribution in [0.2, 0.25) is 0 Å². The van der Waals surface area contributed by atoms with Gasteiger partial charge in [0.1, 0.15) is 0 Å². The molecule has 0 aromatic heterocycles. The van der Waals surface area contributed by atoms with Gasteiger partial charge < -0.3 is 4.90 Å². The number of alkyl halides is 5. The lowest BCUT2D eigenvalue weighted by atomic mass is 10.1. The van der Waals surface area contributed by atoms with Crippen LogP contribution >= 0.6 is 0 Å². The van der Waals surface area contributed by atoms with E-state index in [1.54, 1.807) is 0 Å². The van der Waals surface area contributed by atoms with Gasteiger partial charge in [0, 0.05) is 19.2 Å². The smallest absolute Gasteiger partial charge is 0.365 e. The predicted octanol–water partition coefficient (Wildman–Crippen LogP) is 3.49. The van der Waals surface area contributed by atoms with Gasteiger partial charge in [-0.1, -0.05) is 6.08 Å². The molecule has 1 saturated carbocycles. The molecule has 1 nitrogen and oxygen atoms in total. The molecular formula is C11H12F5N. The second-order valence-corrected chi connectivity index (χ2v) is 4.34. The monoisotopic (exact) mass is 253 g/mol. The van der Waals surface area contributed by atoms with E-state index in [1.165, 1.54) is 4.90 Å². The Bertz CT molecular complexity index is 355. The van der Waals surface area contributed by atoms with Gasteiger partial charge in [0.05, 0.1) is 11.6 Å². The van der Waals surface area contributed by atoms with E-state index < -0.39 is 23.7 Å². The third-order valence-corrected chi connectivity index (χ3v) is 3.17. The zero-order valence-corrected chi connectivity index (χ0v) is 8.97. The summed E-state index contributed by atoms with van der Waals surface area (Å²) in [4.78, 5) is 1.29. The van der Waals surface area contributed by atoms with Crippen LogP contribution in [-0.4, -0.2) is 29.6 Å². The Morgan fingerprint density at radius 2 is 2.00 bits per heavy atom. The molecule has 2 rings (SSSR count). The van der Waals surface area contributed by atoms with Crippen LogP contribution in [0.15, 0.2) is 23.9 Å². The summed E-state index contributed by atoms with van der Waals surface area (Å²) in [5.41, 5.74) is -0.768. The molecule has 1 fully saturated rings. The molecule has 0 aromatic carbocycles. The van der Waals surface area contributed by atoms with Crippen molar-refractivity contribution in [3.05, 3.63) is 23.9 Å². The van der Waals surface area contributed by atoms with Crippen LogP contribution in [0.4, 0.5) is 22.0 Å². The molecule has 0 spiro atoms. The quantitative estimate of drug-likeness (QED) is 0.646. The summed E-state index contributed by atoms with van der Waals surface area (Å²) in [6, 6.07) is -0.968. The standard InChI is InChI=1S/C11H12F5N/c12-10(13)5-1-2-9(10)17-6-3-8(4-7-17)11(14,15)16/h3-4,6,9H,1-2,5,7H2. The van der Waals surface area contributed by atoms with Crippen molar-refractivity contribution < 1.29 is 22.0 Å². The summed E-state index contributed by atoms with van der Waals surface area (Å²) in [5, 5.41) is 0. The molecule has 1 aliphatic heterocycles. The summed E-state index contributed by atoms with van der Waals surface area (Å²) < 4.78 is 63.7. The van der Waals surface area contributed by atoms with Crippen molar-refractivity contribution in [2.24, 2.45) is 0 Å². The Labute approximate surface area is 95.6 Å². The van der Waals surface area contributed by atoms with Crippen molar-refractivity contribution in [2.45, 2.75) is 37.4 Å². The van der Waals surface area contributed by atoms with Gasteiger partial charge in [0.25, 0.3) is 5.92 Å². The number of allylic oxidation sites excluding steroid dienone is 2. The number of hydrogen-bond acceptors (Lipinski definition) is 1. The maximum absolute atomic E-state index is 13.4. The van der Waals surface area contributed by atoms with Crippen LogP contribution in [0.25, 0.3) is 0 Å². The van der Waals surface area contributed by atoms with Gasteiger partial charge >= 0.3 is 6.18 Å². The summed E-state index contributed by atoms with van der Waals surface area (Å²) in [7, 11) is 0. The van der Waals surface area contributed by atoms with Gasteiger partial charge in [0.15, 0.2) is 0 Å². The molecule has 96 valence electrons. The van der Waals surface area contributed by atoms with Crippen molar-refractivity contribution >= 4 is 0 Å². The zero-order valence-electron chi connectivity index (χ0n) is 8.97. The van der Waals surface area contributed by atoms with E-state index in [-0.39, 0.29) is 13.0 Å². The van der Waals surface area contributed by atoms with E-state index >= 15 is 0 Å². The summed E-state index contributed by atoms with van der Waals surface area (Å²) in [6.07, 6.45) is -0.901. The molecule has 0 saturated heterocycles. The molecule has 6 heteroatoms. The molecule has 0 radical (unpaired) electrons. The highest BCUT2D eigenvalue weighted by atomic mass is 19.4. The lowest BCUT2D eigenvalue weighted by Crippen LogP contribution is -2.42. The molecule has 1 unspecified atom stereocenters. The van der Waals surface area contributed by atoms with Crippen LogP contribution in [-0.2, 0) is 0 Å². The zero-order chi connectivity index (χ0) is 12.7. The molecule has 2 aliphatic rings. The molecule has 1 atom stereocenters. The minimum atomic E-state index is -4.40. The van der Waals surface area contributed by atoms with Crippen LogP contribution in [0.3, 0.4) is 0 Å². The third-order valence-electron chi connectivity index (χ3n) is 3.17. The molecular weight excluding hydrogens is 241 g/mol. The average molecular weight is 253 g/mol. The van der Waals surface area contributed by atoms with Crippen LogP contribution in [0.5, 0.6) is 0 Å². The van der Waals surface area contributed by atoms with Gasteiger partial charge in [-0.2, -0.15) is 13.2 Å². The SMILES string of the molecule is FC(F)(F)C1=CCN(C2CCCC2(F)F)C=C1. The van der Waals surface area contributed by atoms with E-state index in [4.69, 9.17) is 0 Å². The Hall–Kier alpha value is -1.07. The first kappa shape index (κ1) is 12.4. The molecule has 0 aromatic rings. The minimum absolute atomic E-state index is 0.106. The Morgan fingerprint density at radius 1 is 1.29 bits per heavy atom. The summed E-state index contributed by atoms with van der Waals surface area (Å²) in [6.45, 7) is -0.106. The first-order valence-electron chi connectivity index (χ1n) is 5.40. The van der Waals surface area contributed by atoms with Gasteiger partial charge in [-0.05, 0) is 18.9 Å². The number of halogens is 5. The summed E-state index contributed by atoms with van der Waals surface area (Å²) >= 11 is 0. The van der Waals surface area contributed by atoms with Gasteiger partial charge in [-0.3, -0.25) is 0 Å².